The first-order chi connectivity index (χ1) is 17.0. The molecule has 4 heterocycles. The summed E-state index contributed by atoms with van der Waals surface area (Å²) in [5.74, 6) is 0.490. The van der Waals surface area contributed by atoms with Crippen LogP contribution in [-0.4, -0.2) is 31.1 Å². The van der Waals surface area contributed by atoms with Crippen molar-refractivity contribution < 1.29 is 4.79 Å². The topological polar surface area (TPSA) is 120 Å². The molecule has 5 aromatic rings. The Labute approximate surface area is 213 Å². The number of H-pyrrole nitrogens is 1. The molecule has 0 aliphatic heterocycles. The quantitative estimate of drug-likeness (QED) is 0.291. The van der Waals surface area contributed by atoms with Gasteiger partial charge in [-0.2, -0.15) is 10.4 Å². The predicted octanol–water partition coefficient (Wildman–Crippen LogP) is 6.09. The number of nitrogens with zero attached hydrogens (tertiary/aromatic N) is 5. The molecule has 0 unspecified atom stereocenters. The number of carbonyl (C=O) groups is 1. The third kappa shape index (κ3) is 4.50. The Morgan fingerprint density at radius 2 is 1.97 bits per heavy atom. The molecule has 0 bridgehead atoms. The Balaban J connectivity index is 1.63. The number of nitriles is 1. The van der Waals surface area contributed by atoms with Crippen molar-refractivity contribution in [3.05, 3.63) is 88.6 Å². The predicted molar refractivity (Wildman–Crippen MR) is 135 cm³/mol. The minimum Gasteiger partial charge on any atom is -0.306 e. The zero-order valence-electron chi connectivity index (χ0n) is 17.7. The second-order valence-electron chi connectivity index (χ2n) is 7.21. The molecule has 1 amide bonds. The van der Waals surface area contributed by atoms with Gasteiger partial charge in [0.25, 0.3) is 5.91 Å². The van der Waals surface area contributed by atoms with E-state index in [1.54, 1.807) is 54.9 Å². The number of thiophene rings is 1. The van der Waals surface area contributed by atoms with Gasteiger partial charge >= 0.3 is 0 Å². The van der Waals surface area contributed by atoms with Crippen LogP contribution in [0.3, 0.4) is 0 Å². The molecule has 2 N–H and O–H groups in total. The summed E-state index contributed by atoms with van der Waals surface area (Å²) in [6, 6.07) is 14.2. The number of hydrogen-bond donors (Lipinski definition) is 2. The van der Waals surface area contributed by atoms with Gasteiger partial charge in [-0.25, -0.2) is 9.97 Å². The van der Waals surface area contributed by atoms with E-state index in [9.17, 15) is 10.1 Å². The standard InChI is InChI=1S/C24H13Cl2N7OS/c25-15-3-4-16(18(26)9-15)20-17(10-27)21(35-22(20)23-30-12-31-33-23)13-5-7-29-19(8-13)32-24(34)14-2-1-6-28-11-14/h1-9,11-12H,(H,29,32,34)(H,30,31,33). The van der Waals surface area contributed by atoms with E-state index in [1.165, 1.54) is 23.9 Å². The van der Waals surface area contributed by atoms with Crippen LogP contribution in [0.5, 0.6) is 0 Å². The van der Waals surface area contributed by atoms with E-state index in [2.05, 4.69) is 36.5 Å². The number of aromatic nitrogens is 5. The second-order valence-corrected chi connectivity index (χ2v) is 9.07. The van der Waals surface area contributed by atoms with Gasteiger partial charge in [-0.3, -0.25) is 14.9 Å². The number of carbonyl (C=O) groups excluding carboxylic acids is 1. The smallest absolute Gasteiger partial charge is 0.258 e. The lowest BCUT2D eigenvalue weighted by atomic mass is 9.98. The van der Waals surface area contributed by atoms with E-state index in [0.29, 0.717) is 59.3 Å². The van der Waals surface area contributed by atoms with E-state index in [-0.39, 0.29) is 5.91 Å². The summed E-state index contributed by atoms with van der Waals surface area (Å²) in [7, 11) is 0. The fourth-order valence-corrected chi connectivity index (χ4v) is 5.21. The summed E-state index contributed by atoms with van der Waals surface area (Å²) >= 11 is 14.0. The lowest BCUT2D eigenvalue weighted by molar-refractivity contribution is 0.102. The van der Waals surface area contributed by atoms with Gasteiger partial charge in [-0.05, 0) is 42.0 Å². The molecule has 1 aromatic carbocycles. The van der Waals surface area contributed by atoms with Crippen LogP contribution in [0.15, 0.2) is 67.4 Å². The Kier molecular flexibility index (Phi) is 6.25. The van der Waals surface area contributed by atoms with E-state index in [0.717, 1.165) is 0 Å². The minimum atomic E-state index is -0.342. The lowest BCUT2D eigenvalue weighted by Crippen LogP contribution is -2.13. The number of pyridine rings is 2. The molecule has 11 heteroatoms. The third-order valence-corrected chi connectivity index (χ3v) is 6.83. The molecule has 0 saturated carbocycles. The van der Waals surface area contributed by atoms with Crippen LogP contribution in [0.1, 0.15) is 15.9 Å². The number of amides is 1. The summed E-state index contributed by atoms with van der Waals surface area (Å²) < 4.78 is 0. The first-order valence-electron chi connectivity index (χ1n) is 10.1. The van der Waals surface area contributed by atoms with Gasteiger partial charge in [-0.15, -0.1) is 11.3 Å². The number of hydrogen-bond acceptors (Lipinski definition) is 7. The van der Waals surface area contributed by atoms with Crippen molar-refractivity contribution in [3.63, 3.8) is 0 Å². The maximum Gasteiger partial charge on any atom is 0.258 e. The molecule has 5 rings (SSSR count). The number of benzene rings is 1. The maximum absolute atomic E-state index is 12.6. The van der Waals surface area contributed by atoms with Crippen molar-refractivity contribution in [3.8, 4) is 38.3 Å². The van der Waals surface area contributed by atoms with Crippen molar-refractivity contribution >= 4 is 46.3 Å². The van der Waals surface area contributed by atoms with Gasteiger partial charge < -0.3 is 5.32 Å². The molecule has 0 saturated heterocycles. The van der Waals surface area contributed by atoms with Crippen molar-refractivity contribution in [2.24, 2.45) is 0 Å². The molecule has 0 radical (unpaired) electrons. The Morgan fingerprint density at radius 1 is 1.09 bits per heavy atom. The van der Waals surface area contributed by atoms with Crippen LogP contribution in [-0.2, 0) is 0 Å². The number of rotatable bonds is 5. The number of aromatic amines is 1. The van der Waals surface area contributed by atoms with Crippen LogP contribution < -0.4 is 5.32 Å². The van der Waals surface area contributed by atoms with Gasteiger partial charge in [0.05, 0.1) is 20.9 Å². The maximum atomic E-state index is 12.6. The van der Waals surface area contributed by atoms with Gasteiger partial charge in [0, 0.05) is 39.8 Å². The van der Waals surface area contributed by atoms with Crippen LogP contribution in [0.4, 0.5) is 5.82 Å². The van der Waals surface area contributed by atoms with Gasteiger partial charge in [0.2, 0.25) is 0 Å². The van der Waals surface area contributed by atoms with Crippen molar-refractivity contribution in [1.29, 1.82) is 5.26 Å². The summed E-state index contributed by atoms with van der Waals surface area (Å²) in [5.41, 5.74) is 2.76. The van der Waals surface area contributed by atoms with Gasteiger partial charge in [-0.1, -0.05) is 29.3 Å². The largest absolute Gasteiger partial charge is 0.306 e. The van der Waals surface area contributed by atoms with Crippen molar-refractivity contribution in [1.82, 2.24) is 25.1 Å². The average molecular weight is 518 g/mol. The first kappa shape index (κ1) is 22.7. The molecular formula is C24H13Cl2N7OS. The molecule has 35 heavy (non-hydrogen) atoms. The Morgan fingerprint density at radius 3 is 2.69 bits per heavy atom. The minimum absolute atomic E-state index is 0.334. The molecule has 0 atom stereocenters. The van der Waals surface area contributed by atoms with Crippen LogP contribution in [0.2, 0.25) is 10.0 Å². The fraction of sp³-hybridized carbons (Fsp3) is 0. The summed E-state index contributed by atoms with van der Waals surface area (Å²) in [4.78, 5) is 26.4. The monoisotopic (exact) mass is 517 g/mol. The number of anilines is 1. The Bertz CT molecular complexity index is 1580. The summed E-state index contributed by atoms with van der Waals surface area (Å²) in [5, 5.41) is 20.7. The highest BCUT2D eigenvalue weighted by Gasteiger charge is 2.25. The number of nitrogens with one attached hydrogen (secondary N) is 2. The van der Waals surface area contributed by atoms with Gasteiger partial charge in [0.1, 0.15) is 18.2 Å². The zero-order valence-corrected chi connectivity index (χ0v) is 20.0. The zero-order chi connectivity index (χ0) is 24.4. The highest BCUT2D eigenvalue weighted by atomic mass is 35.5. The molecule has 8 nitrogen and oxygen atoms in total. The van der Waals surface area contributed by atoms with E-state index in [4.69, 9.17) is 23.2 Å². The number of halogens is 2. The molecule has 170 valence electrons. The highest BCUT2D eigenvalue weighted by Crippen LogP contribution is 2.48. The molecule has 0 fully saturated rings. The van der Waals surface area contributed by atoms with E-state index >= 15 is 0 Å². The second kappa shape index (κ2) is 9.64. The molecule has 0 aliphatic rings. The van der Waals surface area contributed by atoms with Gasteiger partial charge in [0.15, 0.2) is 5.82 Å². The molecule has 0 spiro atoms. The van der Waals surface area contributed by atoms with Crippen molar-refractivity contribution in [2.45, 2.75) is 0 Å². The van der Waals surface area contributed by atoms with E-state index in [1.807, 2.05) is 0 Å². The molecule has 0 aliphatic carbocycles. The first-order valence-corrected chi connectivity index (χ1v) is 11.7. The fourth-order valence-electron chi connectivity index (χ4n) is 3.50. The van der Waals surface area contributed by atoms with Crippen LogP contribution >= 0.6 is 34.5 Å². The summed E-state index contributed by atoms with van der Waals surface area (Å²) in [6.07, 6.45) is 6.02. The van der Waals surface area contributed by atoms with Crippen LogP contribution in [0.25, 0.3) is 32.3 Å². The van der Waals surface area contributed by atoms with Crippen molar-refractivity contribution in [2.75, 3.05) is 5.32 Å². The third-order valence-electron chi connectivity index (χ3n) is 5.04. The van der Waals surface area contributed by atoms with E-state index < -0.39 is 0 Å². The van der Waals surface area contributed by atoms with Crippen LogP contribution in [0, 0.1) is 11.3 Å². The highest BCUT2D eigenvalue weighted by molar-refractivity contribution is 7.19. The average Bonchev–Trinajstić information content (AvgIpc) is 3.53. The lowest BCUT2D eigenvalue weighted by Gasteiger charge is -2.07. The Hall–Kier alpha value is -4.10. The molecular weight excluding hydrogens is 505 g/mol. The summed E-state index contributed by atoms with van der Waals surface area (Å²) in [6.45, 7) is 0. The SMILES string of the molecule is N#Cc1c(-c2ccnc(NC(=O)c3cccnc3)c2)sc(-c2ncn[nH]2)c1-c1ccc(Cl)cc1Cl. The molecule has 4 aromatic heterocycles. The normalized spacial score (nSPS) is 10.7.